The number of piperidine rings is 1. The quantitative estimate of drug-likeness (QED) is 0.426. The van der Waals surface area contributed by atoms with E-state index < -0.39 is 6.04 Å². The van der Waals surface area contributed by atoms with Crippen molar-refractivity contribution in [3.63, 3.8) is 0 Å². The fraction of sp³-hybridized carbons (Fsp3) is 0.400. The van der Waals surface area contributed by atoms with E-state index >= 15 is 0 Å². The third-order valence-corrected chi connectivity index (χ3v) is 8.72. The van der Waals surface area contributed by atoms with E-state index in [1.54, 1.807) is 23.1 Å². The van der Waals surface area contributed by atoms with Gasteiger partial charge in [0, 0.05) is 31.2 Å². The number of rotatable bonds is 5. The lowest BCUT2D eigenvalue weighted by Crippen LogP contribution is -2.54. The summed E-state index contributed by atoms with van der Waals surface area (Å²) >= 11 is 6.20. The Kier molecular flexibility index (Phi) is 6.97. The molecule has 2 bridgehead atoms. The van der Waals surface area contributed by atoms with Gasteiger partial charge in [-0.2, -0.15) is 0 Å². The third kappa shape index (κ3) is 5.09. The smallest absolute Gasteiger partial charge is 0.318 e. The number of hydrogen-bond donors (Lipinski definition) is 2. The van der Waals surface area contributed by atoms with Crippen LogP contribution < -0.4 is 10.6 Å². The van der Waals surface area contributed by atoms with E-state index in [0.29, 0.717) is 35.8 Å². The van der Waals surface area contributed by atoms with Gasteiger partial charge in [0.1, 0.15) is 11.9 Å². The summed E-state index contributed by atoms with van der Waals surface area (Å²) in [5.74, 6) is -0.410. The van der Waals surface area contributed by atoms with Gasteiger partial charge in [0.15, 0.2) is 0 Å². The molecule has 3 saturated heterocycles. The minimum absolute atomic E-state index is 0.101. The van der Waals surface area contributed by atoms with Gasteiger partial charge in [-0.1, -0.05) is 41.9 Å². The highest BCUT2D eigenvalue weighted by molar-refractivity contribution is 6.33. The second-order valence-electron chi connectivity index (χ2n) is 10.8. The first-order valence-corrected chi connectivity index (χ1v) is 13.9. The van der Waals surface area contributed by atoms with Crippen molar-refractivity contribution >= 4 is 40.0 Å². The van der Waals surface area contributed by atoms with Crippen LogP contribution in [0.5, 0.6) is 0 Å². The molecule has 3 aliphatic rings. The molecule has 3 aromatic carbocycles. The number of urea groups is 1. The predicted molar refractivity (Wildman–Crippen MR) is 148 cm³/mol. The molecule has 0 spiro atoms. The van der Waals surface area contributed by atoms with Crippen molar-refractivity contribution in [3.05, 3.63) is 77.1 Å². The minimum atomic E-state index is -0.496. The standard InChI is InChI=1S/C30H32ClFN4O2/c31-26-4-1-2-5-27(26)34-29(37)28-6-3-13-35(28)30(38)33-23-16-24-11-12-25(17-23)36(24)18-19-7-8-21-15-22(32)10-9-20(21)14-19/h1-2,4-5,7-10,14-15,23-25,28H,3,6,11-13,16-18H2,(H,33,38)(H,34,37)/t23?,24-,25+,28-/m0/s1. The lowest BCUT2D eigenvalue weighted by molar-refractivity contribution is -0.119. The van der Waals surface area contributed by atoms with Gasteiger partial charge < -0.3 is 15.5 Å². The van der Waals surface area contributed by atoms with Crippen LogP contribution in [0.15, 0.2) is 60.7 Å². The number of likely N-dealkylation sites (tertiary alicyclic amines) is 1. The zero-order valence-electron chi connectivity index (χ0n) is 21.2. The molecule has 6 nitrogen and oxygen atoms in total. The molecule has 3 fully saturated rings. The summed E-state index contributed by atoms with van der Waals surface area (Å²) in [6.07, 6.45) is 5.52. The summed E-state index contributed by atoms with van der Waals surface area (Å²) in [6.45, 7) is 1.43. The second-order valence-corrected chi connectivity index (χ2v) is 11.2. The van der Waals surface area contributed by atoms with Crippen LogP contribution in [0, 0.1) is 5.82 Å². The van der Waals surface area contributed by atoms with Crippen LogP contribution in [0.4, 0.5) is 14.9 Å². The van der Waals surface area contributed by atoms with Gasteiger partial charge >= 0.3 is 6.03 Å². The molecule has 3 amide bonds. The maximum absolute atomic E-state index is 13.5. The molecule has 0 aliphatic carbocycles. The van der Waals surface area contributed by atoms with Crippen LogP contribution in [0.1, 0.15) is 44.1 Å². The lowest BCUT2D eigenvalue weighted by Gasteiger charge is -2.40. The number of anilines is 1. The first kappa shape index (κ1) is 25.1. The highest BCUT2D eigenvalue weighted by atomic mass is 35.5. The number of hydrogen-bond acceptors (Lipinski definition) is 3. The lowest BCUT2D eigenvalue weighted by atomic mass is 9.96. The second kappa shape index (κ2) is 10.5. The monoisotopic (exact) mass is 534 g/mol. The van der Waals surface area contributed by atoms with E-state index in [1.165, 1.54) is 11.6 Å². The predicted octanol–water partition coefficient (Wildman–Crippen LogP) is 5.94. The van der Waals surface area contributed by atoms with E-state index in [4.69, 9.17) is 11.6 Å². The van der Waals surface area contributed by atoms with Crippen LogP contribution in [-0.4, -0.2) is 52.5 Å². The molecular weight excluding hydrogens is 503 g/mol. The molecule has 0 radical (unpaired) electrons. The van der Waals surface area contributed by atoms with Crippen molar-refractivity contribution in [2.45, 2.75) is 69.2 Å². The molecule has 8 heteroatoms. The summed E-state index contributed by atoms with van der Waals surface area (Å²) in [5, 5.41) is 8.59. The molecule has 0 aromatic heterocycles. The molecule has 0 saturated carbocycles. The van der Waals surface area contributed by atoms with E-state index in [-0.39, 0.29) is 23.8 Å². The number of nitrogens with zero attached hydrogens (tertiary/aromatic N) is 2. The molecule has 6 rings (SSSR count). The van der Waals surface area contributed by atoms with Crippen molar-refractivity contribution in [2.24, 2.45) is 0 Å². The molecule has 3 aliphatic heterocycles. The molecule has 1 unspecified atom stereocenters. The van der Waals surface area contributed by atoms with Gasteiger partial charge in [-0.3, -0.25) is 9.69 Å². The number of halogens is 2. The van der Waals surface area contributed by atoms with Crippen LogP contribution >= 0.6 is 11.6 Å². The largest absolute Gasteiger partial charge is 0.335 e. The van der Waals surface area contributed by atoms with Crippen molar-refractivity contribution in [2.75, 3.05) is 11.9 Å². The third-order valence-electron chi connectivity index (χ3n) is 8.39. The van der Waals surface area contributed by atoms with E-state index in [0.717, 1.165) is 49.4 Å². The fourth-order valence-electron chi connectivity index (χ4n) is 6.54. The number of nitrogens with one attached hydrogen (secondary N) is 2. The summed E-state index contributed by atoms with van der Waals surface area (Å²) < 4.78 is 13.5. The molecule has 38 heavy (non-hydrogen) atoms. The van der Waals surface area contributed by atoms with Gasteiger partial charge in [-0.05, 0) is 85.2 Å². The Bertz CT molecular complexity index is 1350. The van der Waals surface area contributed by atoms with Gasteiger partial charge in [-0.25, -0.2) is 9.18 Å². The number of para-hydroxylation sites is 1. The molecule has 3 heterocycles. The first-order chi connectivity index (χ1) is 18.4. The maximum Gasteiger partial charge on any atom is 0.318 e. The van der Waals surface area contributed by atoms with Crippen LogP contribution in [-0.2, 0) is 11.3 Å². The van der Waals surface area contributed by atoms with Crippen molar-refractivity contribution in [3.8, 4) is 0 Å². The Hall–Kier alpha value is -3.16. The SMILES string of the molecule is O=C(Nc1ccccc1Cl)[C@@H]1CCCN1C(=O)NC1C[C@H]2CC[C@@H](C1)N2Cc1ccc2cc(F)ccc2c1. The summed E-state index contributed by atoms with van der Waals surface area (Å²) in [5.41, 5.74) is 1.79. The van der Waals surface area contributed by atoms with Crippen LogP contribution in [0.25, 0.3) is 10.8 Å². The van der Waals surface area contributed by atoms with Gasteiger partial charge in [0.25, 0.3) is 0 Å². The Balaban J connectivity index is 1.06. The number of carbonyl (C=O) groups excluding carboxylic acids is 2. The fourth-order valence-corrected chi connectivity index (χ4v) is 6.73. The first-order valence-electron chi connectivity index (χ1n) is 13.5. The average molecular weight is 535 g/mol. The van der Waals surface area contributed by atoms with E-state index in [2.05, 4.69) is 27.7 Å². The zero-order chi connectivity index (χ0) is 26.2. The number of fused-ring (bicyclic) bond motifs is 3. The molecule has 3 aromatic rings. The Morgan fingerprint density at radius 3 is 2.47 bits per heavy atom. The van der Waals surface area contributed by atoms with E-state index in [9.17, 15) is 14.0 Å². The Morgan fingerprint density at radius 1 is 0.947 bits per heavy atom. The molecule has 2 N–H and O–H groups in total. The molecule has 4 atom stereocenters. The van der Waals surface area contributed by atoms with Gasteiger partial charge in [0.05, 0.1) is 10.7 Å². The minimum Gasteiger partial charge on any atom is -0.335 e. The zero-order valence-corrected chi connectivity index (χ0v) is 22.0. The summed E-state index contributed by atoms with van der Waals surface area (Å²) in [7, 11) is 0. The Morgan fingerprint density at radius 2 is 1.68 bits per heavy atom. The van der Waals surface area contributed by atoms with Crippen LogP contribution in [0.3, 0.4) is 0 Å². The van der Waals surface area contributed by atoms with Crippen molar-refractivity contribution in [1.29, 1.82) is 0 Å². The topological polar surface area (TPSA) is 64.7 Å². The maximum atomic E-state index is 13.5. The van der Waals surface area contributed by atoms with Crippen molar-refractivity contribution < 1.29 is 14.0 Å². The highest BCUT2D eigenvalue weighted by Gasteiger charge is 2.42. The Labute approximate surface area is 227 Å². The summed E-state index contributed by atoms with van der Waals surface area (Å²) in [6, 6.07) is 18.6. The van der Waals surface area contributed by atoms with Crippen molar-refractivity contribution in [1.82, 2.24) is 15.1 Å². The van der Waals surface area contributed by atoms with Crippen LogP contribution in [0.2, 0.25) is 5.02 Å². The molecular formula is C30H32ClFN4O2. The number of carbonyl (C=O) groups is 2. The van der Waals surface area contributed by atoms with Gasteiger partial charge in [0.2, 0.25) is 5.91 Å². The number of amides is 3. The highest BCUT2D eigenvalue weighted by Crippen LogP contribution is 2.37. The van der Waals surface area contributed by atoms with Gasteiger partial charge in [-0.15, -0.1) is 0 Å². The molecule has 198 valence electrons. The summed E-state index contributed by atoms with van der Waals surface area (Å²) in [4.78, 5) is 30.5. The van der Waals surface area contributed by atoms with E-state index in [1.807, 2.05) is 24.3 Å². The average Bonchev–Trinajstić information content (AvgIpc) is 3.48. The normalized spacial score (nSPS) is 25.1. The number of benzene rings is 3.